The average Bonchev–Trinajstić information content (AvgIpc) is 2.64. The minimum Gasteiger partial charge on any atom is -0.437 e. The second kappa shape index (κ2) is 8.67. The molecule has 0 aliphatic carbocycles. The zero-order valence-corrected chi connectivity index (χ0v) is 17.3. The maximum atomic E-state index is 12.7. The van der Waals surface area contributed by atoms with E-state index in [1.807, 2.05) is 0 Å². The number of carbonyl (C=O) groups is 1. The molecule has 2 aromatic heterocycles. The number of ether oxygens (including phenoxy) is 1. The summed E-state index contributed by atoms with van der Waals surface area (Å²) in [5.41, 5.74) is 0.165. The fraction of sp³-hybridized carbons (Fsp3) is 0.105. The molecule has 11 heteroatoms. The molecule has 2 heterocycles. The number of nitrogens with zero attached hydrogens (tertiary/aromatic N) is 2. The smallest absolute Gasteiger partial charge is 0.417 e. The number of rotatable bonds is 4. The van der Waals surface area contributed by atoms with E-state index in [0.717, 1.165) is 6.07 Å². The zero-order chi connectivity index (χ0) is 22.1. The van der Waals surface area contributed by atoms with Crippen molar-refractivity contribution in [3.8, 4) is 11.6 Å². The van der Waals surface area contributed by atoms with Crippen molar-refractivity contribution in [2.45, 2.75) is 13.1 Å². The molecule has 0 bridgehead atoms. The summed E-state index contributed by atoms with van der Waals surface area (Å²) in [6.07, 6.45) is -2.68. The normalized spacial score (nSPS) is 11.3. The maximum Gasteiger partial charge on any atom is 0.417 e. The number of nitrogens with one attached hydrogen (secondary N) is 1. The molecule has 3 rings (SSSR count). The Morgan fingerprint density at radius 1 is 1.03 bits per heavy atom. The van der Waals surface area contributed by atoms with Gasteiger partial charge in [-0.3, -0.25) is 4.79 Å². The van der Waals surface area contributed by atoms with E-state index in [1.54, 1.807) is 13.0 Å². The minimum atomic E-state index is -4.56. The lowest BCUT2D eigenvalue weighted by atomic mass is 10.2. The van der Waals surface area contributed by atoms with E-state index >= 15 is 0 Å². The van der Waals surface area contributed by atoms with E-state index in [4.69, 9.17) is 39.5 Å². The van der Waals surface area contributed by atoms with Crippen LogP contribution in [-0.4, -0.2) is 15.9 Å². The average molecular weight is 477 g/mol. The van der Waals surface area contributed by atoms with Gasteiger partial charge in [0.15, 0.2) is 0 Å². The van der Waals surface area contributed by atoms with Crippen LogP contribution in [0.4, 0.5) is 18.9 Å². The van der Waals surface area contributed by atoms with Crippen molar-refractivity contribution >= 4 is 46.4 Å². The molecule has 5 nitrogen and oxygen atoms in total. The fourth-order valence-electron chi connectivity index (χ4n) is 2.37. The van der Waals surface area contributed by atoms with Crippen molar-refractivity contribution in [1.82, 2.24) is 9.97 Å². The maximum absolute atomic E-state index is 12.7. The van der Waals surface area contributed by atoms with Crippen LogP contribution < -0.4 is 10.1 Å². The Morgan fingerprint density at radius 3 is 2.37 bits per heavy atom. The van der Waals surface area contributed by atoms with E-state index in [0.29, 0.717) is 23.2 Å². The Kier molecular flexibility index (Phi) is 6.40. The van der Waals surface area contributed by atoms with Crippen LogP contribution in [0.1, 0.15) is 21.5 Å². The molecule has 156 valence electrons. The highest BCUT2D eigenvalue weighted by Crippen LogP contribution is 2.35. The van der Waals surface area contributed by atoms with Gasteiger partial charge in [0.05, 0.1) is 16.1 Å². The third-order valence-electron chi connectivity index (χ3n) is 3.84. The SMILES string of the molecule is Cc1cc(NC(=O)c2cnc(Cl)cc2Cl)ccc1Oc1ncc(C(F)(F)F)cc1Cl. The molecule has 1 amide bonds. The summed E-state index contributed by atoms with van der Waals surface area (Å²) in [7, 11) is 0. The number of amides is 1. The van der Waals surface area contributed by atoms with Crippen LogP contribution in [0.3, 0.4) is 0 Å². The van der Waals surface area contributed by atoms with Gasteiger partial charge in [0.1, 0.15) is 15.9 Å². The van der Waals surface area contributed by atoms with Gasteiger partial charge in [-0.25, -0.2) is 9.97 Å². The van der Waals surface area contributed by atoms with E-state index in [9.17, 15) is 18.0 Å². The first kappa shape index (κ1) is 22.1. The largest absolute Gasteiger partial charge is 0.437 e. The molecule has 0 atom stereocenters. The first-order chi connectivity index (χ1) is 14.0. The lowest BCUT2D eigenvalue weighted by Crippen LogP contribution is -2.13. The van der Waals surface area contributed by atoms with Gasteiger partial charge in [0.2, 0.25) is 5.88 Å². The van der Waals surface area contributed by atoms with Crippen molar-refractivity contribution in [2.75, 3.05) is 5.32 Å². The Bertz CT molecular complexity index is 1120. The van der Waals surface area contributed by atoms with E-state index in [1.165, 1.54) is 24.4 Å². The van der Waals surface area contributed by atoms with Gasteiger partial charge in [0, 0.05) is 18.1 Å². The number of carbonyl (C=O) groups excluding carboxylic acids is 1. The summed E-state index contributed by atoms with van der Waals surface area (Å²) < 4.78 is 43.7. The molecule has 0 unspecified atom stereocenters. The van der Waals surface area contributed by atoms with Crippen LogP contribution in [0, 0.1) is 6.92 Å². The van der Waals surface area contributed by atoms with Crippen LogP contribution in [-0.2, 0) is 6.18 Å². The Balaban J connectivity index is 1.76. The molecule has 0 spiro atoms. The second-order valence-electron chi connectivity index (χ2n) is 6.03. The van der Waals surface area contributed by atoms with Crippen molar-refractivity contribution in [1.29, 1.82) is 0 Å². The third kappa shape index (κ3) is 5.13. The molecule has 3 aromatic rings. The van der Waals surface area contributed by atoms with Crippen LogP contribution in [0.15, 0.2) is 42.7 Å². The first-order valence-corrected chi connectivity index (χ1v) is 9.31. The molecule has 0 aliphatic rings. The van der Waals surface area contributed by atoms with Gasteiger partial charge in [-0.05, 0) is 42.8 Å². The molecule has 30 heavy (non-hydrogen) atoms. The van der Waals surface area contributed by atoms with Gasteiger partial charge >= 0.3 is 6.18 Å². The number of aryl methyl sites for hydroxylation is 1. The van der Waals surface area contributed by atoms with Gasteiger partial charge in [-0.1, -0.05) is 34.8 Å². The molecular weight excluding hydrogens is 466 g/mol. The van der Waals surface area contributed by atoms with Crippen molar-refractivity contribution in [3.05, 3.63) is 74.6 Å². The lowest BCUT2D eigenvalue weighted by molar-refractivity contribution is -0.137. The Morgan fingerprint density at radius 2 is 1.77 bits per heavy atom. The second-order valence-corrected chi connectivity index (χ2v) is 7.23. The summed E-state index contributed by atoms with van der Waals surface area (Å²) in [5.74, 6) is -0.374. The van der Waals surface area contributed by atoms with Crippen LogP contribution >= 0.6 is 34.8 Å². The molecular formula is C19H11Cl3F3N3O2. The quantitative estimate of drug-likeness (QED) is 0.420. The topological polar surface area (TPSA) is 64.1 Å². The van der Waals surface area contributed by atoms with Gasteiger partial charge in [0.25, 0.3) is 5.91 Å². The minimum absolute atomic E-state index is 0.139. The zero-order valence-electron chi connectivity index (χ0n) is 15.0. The number of anilines is 1. The standard InChI is InChI=1S/C19H11Cl3F3N3O2/c1-9-4-11(28-17(29)12-8-26-16(22)6-13(12)20)2-3-15(9)30-18-14(21)5-10(7-27-18)19(23,24)25/h2-8H,1H3,(H,28,29). The highest BCUT2D eigenvalue weighted by Gasteiger charge is 2.31. The molecule has 1 N–H and O–H groups in total. The number of benzene rings is 1. The van der Waals surface area contributed by atoms with Crippen LogP contribution in [0.2, 0.25) is 15.2 Å². The third-order valence-corrected chi connectivity index (χ3v) is 4.63. The van der Waals surface area contributed by atoms with Crippen LogP contribution in [0.25, 0.3) is 0 Å². The van der Waals surface area contributed by atoms with Crippen molar-refractivity contribution in [2.24, 2.45) is 0 Å². The van der Waals surface area contributed by atoms with Gasteiger partial charge in [-0.15, -0.1) is 0 Å². The number of alkyl halides is 3. The van der Waals surface area contributed by atoms with Gasteiger partial charge < -0.3 is 10.1 Å². The summed E-state index contributed by atoms with van der Waals surface area (Å²) in [5, 5.41) is 2.67. The number of hydrogen-bond acceptors (Lipinski definition) is 4. The summed E-state index contributed by atoms with van der Waals surface area (Å²) in [6.45, 7) is 1.68. The number of hydrogen-bond donors (Lipinski definition) is 1. The highest BCUT2D eigenvalue weighted by atomic mass is 35.5. The van der Waals surface area contributed by atoms with E-state index in [-0.39, 0.29) is 26.6 Å². The molecule has 0 aliphatic heterocycles. The molecule has 1 aromatic carbocycles. The lowest BCUT2D eigenvalue weighted by Gasteiger charge is -2.13. The summed E-state index contributed by atoms with van der Waals surface area (Å²) >= 11 is 17.6. The number of aromatic nitrogens is 2. The Labute approximate surface area is 183 Å². The summed E-state index contributed by atoms with van der Waals surface area (Å²) in [6, 6.07) is 6.74. The molecule has 0 saturated heterocycles. The molecule has 0 fully saturated rings. The molecule has 0 saturated carbocycles. The number of halogens is 6. The summed E-state index contributed by atoms with van der Waals surface area (Å²) in [4.78, 5) is 19.8. The Hall–Kier alpha value is -2.55. The van der Waals surface area contributed by atoms with E-state index in [2.05, 4.69) is 15.3 Å². The predicted octanol–water partition coefficient (Wildman–Crippen LogP) is 6.81. The fourth-order valence-corrected chi connectivity index (χ4v) is 3.03. The number of pyridine rings is 2. The van der Waals surface area contributed by atoms with Crippen molar-refractivity contribution < 1.29 is 22.7 Å². The van der Waals surface area contributed by atoms with E-state index < -0.39 is 17.6 Å². The first-order valence-electron chi connectivity index (χ1n) is 8.18. The van der Waals surface area contributed by atoms with Crippen molar-refractivity contribution in [3.63, 3.8) is 0 Å². The highest BCUT2D eigenvalue weighted by molar-refractivity contribution is 6.36. The van der Waals surface area contributed by atoms with Gasteiger partial charge in [-0.2, -0.15) is 13.2 Å². The monoisotopic (exact) mass is 475 g/mol. The van der Waals surface area contributed by atoms with Crippen LogP contribution in [0.5, 0.6) is 11.6 Å². The molecule has 0 radical (unpaired) electrons. The predicted molar refractivity (Wildman–Crippen MR) is 108 cm³/mol.